The Morgan fingerprint density at radius 1 is 1.14 bits per heavy atom. The van der Waals surface area contributed by atoms with E-state index in [1.54, 1.807) is 18.5 Å². The topological polar surface area (TPSA) is 143 Å². The van der Waals surface area contributed by atoms with Crippen LogP contribution in [0.15, 0.2) is 33.9 Å². The van der Waals surface area contributed by atoms with E-state index in [9.17, 15) is 9.59 Å². The second-order valence-corrected chi connectivity index (χ2v) is 8.72. The van der Waals surface area contributed by atoms with Crippen molar-refractivity contribution in [2.24, 2.45) is 12.8 Å². The Kier molecular flexibility index (Phi) is 5.74. The predicted octanol–water partition coefficient (Wildman–Crippen LogP) is 0.421. The van der Waals surface area contributed by atoms with Crippen LogP contribution in [0.1, 0.15) is 25.6 Å². The van der Waals surface area contributed by atoms with Crippen LogP contribution >= 0.6 is 0 Å². The molecule has 4 aromatic rings. The number of rotatable bonds is 4. The first-order valence-electron chi connectivity index (χ1n) is 11.5. The molecule has 3 aromatic heterocycles. The zero-order valence-electron chi connectivity index (χ0n) is 19.7. The molecular formula is C24H27N9O2. The summed E-state index contributed by atoms with van der Waals surface area (Å²) < 4.78 is 4.28. The summed E-state index contributed by atoms with van der Waals surface area (Å²) in [5.74, 6) is 7.08. The van der Waals surface area contributed by atoms with Crippen LogP contribution in [-0.4, -0.2) is 47.8 Å². The fourth-order valence-corrected chi connectivity index (χ4v) is 4.60. The van der Waals surface area contributed by atoms with Gasteiger partial charge in [-0.1, -0.05) is 18.1 Å². The molecular weight excluding hydrogens is 446 g/mol. The molecule has 0 amide bonds. The number of para-hydroxylation sites is 1. The van der Waals surface area contributed by atoms with Crippen LogP contribution in [0.4, 0.5) is 11.8 Å². The lowest BCUT2D eigenvalue weighted by Crippen LogP contribution is -2.44. The average molecular weight is 474 g/mol. The van der Waals surface area contributed by atoms with Gasteiger partial charge >= 0.3 is 5.69 Å². The van der Waals surface area contributed by atoms with Gasteiger partial charge in [-0.3, -0.25) is 18.5 Å². The molecule has 11 nitrogen and oxygen atoms in total. The minimum Gasteiger partial charge on any atom is -0.383 e. The Morgan fingerprint density at radius 3 is 2.71 bits per heavy atom. The van der Waals surface area contributed by atoms with Gasteiger partial charge in [0.2, 0.25) is 5.95 Å². The Morgan fingerprint density at radius 2 is 1.94 bits per heavy atom. The minimum atomic E-state index is -0.508. The lowest BCUT2D eigenvalue weighted by molar-refractivity contribution is 0.496. The van der Waals surface area contributed by atoms with E-state index in [1.807, 2.05) is 24.3 Å². The fourth-order valence-electron chi connectivity index (χ4n) is 4.60. The summed E-state index contributed by atoms with van der Waals surface area (Å²) in [6.07, 6.45) is 1.86. The minimum absolute atomic E-state index is 0.0188. The van der Waals surface area contributed by atoms with Crippen molar-refractivity contribution in [3.05, 3.63) is 50.9 Å². The molecule has 4 heterocycles. The second kappa shape index (κ2) is 8.88. The molecule has 35 heavy (non-hydrogen) atoms. The molecule has 1 fully saturated rings. The van der Waals surface area contributed by atoms with Crippen molar-refractivity contribution >= 4 is 33.8 Å². The van der Waals surface area contributed by atoms with E-state index in [-0.39, 0.29) is 25.0 Å². The molecule has 0 saturated carbocycles. The van der Waals surface area contributed by atoms with E-state index in [0.717, 1.165) is 24.0 Å². The molecule has 180 valence electrons. The molecule has 4 N–H and O–H groups in total. The van der Waals surface area contributed by atoms with Crippen LogP contribution in [0.2, 0.25) is 0 Å². The third kappa shape index (κ3) is 3.91. The molecule has 1 aliphatic rings. The standard InChI is InChI=1S/C24H27N9O2/c1-3-4-12-32-19-21(29-23(32)31-11-7-8-15(25)13-31)30(2)24(35)33(22(19)34)14-18-27-17-10-6-5-9-16(17)20(26)28-18/h5-6,9-10,15H,7-8,11-14,25H2,1-2H3,(H2,26,27,28). The van der Waals surface area contributed by atoms with Crippen molar-refractivity contribution < 1.29 is 0 Å². The Balaban J connectivity index is 1.69. The smallest absolute Gasteiger partial charge is 0.332 e. The predicted molar refractivity (Wildman–Crippen MR) is 135 cm³/mol. The number of piperidine rings is 1. The molecule has 1 aromatic carbocycles. The average Bonchev–Trinajstić information content (AvgIpc) is 3.24. The van der Waals surface area contributed by atoms with Crippen LogP contribution in [0.25, 0.3) is 22.1 Å². The van der Waals surface area contributed by atoms with Crippen LogP contribution < -0.4 is 27.6 Å². The molecule has 0 spiro atoms. The van der Waals surface area contributed by atoms with Gasteiger partial charge in [0.15, 0.2) is 17.0 Å². The van der Waals surface area contributed by atoms with Gasteiger partial charge < -0.3 is 16.4 Å². The number of nitrogens with zero attached hydrogens (tertiary/aromatic N) is 7. The van der Waals surface area contributed by atoms with Gasteiger partial charge in [-0.05, 0) is 31.9 Å². The van der Waals surface area contributed by atoms with Gasteiger partial charge in [-0.25, -0.2) is 14.8 Å². The molecule has 1 aliphatic heterocycles. The monoisotopic (exact) mass is 473 g/mol. The summed E-state index contributed by atoms with van der Waals surface area (Å²) in [5, 5.41) is 0.715. The number of fused-ring (bicyclic) bond motifs is 2. The molecule has 1 unspecified atom stereocenters. The van der Waals surface area contributed by atoms with Crippen molar-refractivity contribution in [3.8, 4) is 11.8 Å². The quantitative estimate of drug-likeness (QED) is 0.406. The van der Waals surface area contributed by atoms with Crippen molar-refractivity contribution in [2.75, 3.05) is 23.7 Å². The number of hydrogen-bond donors (Lipinski definition) is 2. The van der Waals surface area contributed by atoms with E-state index in [1.165, 1.54) is 4.57 Å². The van der Waals surface area contributed by atoms with Crippen molar-refractivity contribution in [3.63, 3.8) is 0 Å². The van der Waals surface area contributed by atoms with E-state index in [2.05, 4.69) is 26.7 Å². The first-order valence-corrected chi connectivity index (χ1v) is 11.5. The van der Waals surface area contributed by atoms with Gasteiger partial charge in [0.1, 0.15) is 5.82 Å². The number of aromatic nitrogens is 6. The summed E-state index contributed by atoms with van der Waals surface area (Å²) in [6.45, 7) is 3.27. The highest BCUT2D eigenvalue weighted by atomic mass is 16.2. The van der Waals surface area contributed by atoms with Gasteiger partial charge in [-0.2, -0.15) is 4.98 Å². The number of anilines is 2. The van der Waals surface area contributed by atoms with Crippen molar-refractivity contribution in [1.82, 2.24) is 28.7 Å². The summed E-state index contributed by atoms with van der Waals surface area (Å²) in [7, 11) is 1.60. The van der Waals surface area contributed by atoms with Crippen LogP contribution in [0.3, 0.4) is 0 Å². The summed E-state index contributed by atoms with van der Waals surface area (Å²) >= 11 is 0. The Bertz CT molecular complexity index is 1620. The Hall–Kier alpha value is -4.17. The normalized spacial score (nSPS) is 16.0. The molecule has 11 heteroatoms. The highest BCUT2D eigenvalue weighted by molar-refractivity contribution is 5.87. The van der Waals surface area contributed by atoms with E-state index >= 15 is 0 Å². The van der Waals surface area contributed by atoms with Crippen molar-refractivity contribution in [2.45, 2.75) is 38.9 Å². The highest BCUT2D eigenvalue weighted by Crippen LogP contribution is 2.23. The number of imidazole rings is 1. The first kappa shape index (κ1) is 22.6. The zero-order chi connectivity index (χ0) is 24.7. The molecule has 1 saturated heterocycles. The molecule has 1 atom stereocenters. The summed E-state index contributed by atoms with van der Waals surface area (Å²) in [4.78, 5) is 42.6. The molecule has 0 aliphatic carbocycles. The number of nitrogens with two attached hydrogens (primary N) is 2. The lowest BCUT2D eigenvalue weighted by atomic mass is 10.1. The molecule has 0 bridgehead atoms. The fraction of sp³-hybridized carbons (Fsp3) is 0.375. The van der Waals surface area contributed by atoms with E-state index < -0.39 is 11.2 Å². The summed E-state index contributed by atoms with van der Waals surface area (Å²) in [6, 6.07) is 7.35. The number of benzene rings is 1. The van der Waals surface area contributed by atoms with Gasteiger partial charge in [0.05, 0.1) is 18.6 Å². The number of aryl methyl sites for hydroxylation is 1. The van der Waals surface area contributed by atoms with E-state index in [0.29, 0.717) is 40.4 Å². The largest absolute Gasteiger partial charge is 0.383 e. The van der Waals surface area contributed by atoms with Gasteiger partial charge in [0.25, 0.3) is 5.56 Å². The van der Waals surface area contributed by atoms with Crippen LogP contribution in [0.5, 0.6) is 0 Å². The number of hydrogen-bond acceptors (Lipinski definition) is 8. The third-order valence-corrected chi connectivity index (χ3v) is 6.35. The van der Waals surface area contributed by atoms with Gasteiger partial charge in [-0.15, -0.1) is 5.92 Å². The zero-order valence-corrected chi connectivity index (χ0v) is 19.7. The highest BCUT2D eigenvalue weighted by Gasteiger charge is 2.26. The molecule has 0 radical (unpaired) electrons. The van der Waals surface area contributed by atoms with E-state index in [4.69, 9.17) is 16.5 Å². The third-order valence-electron chi connectivity index (χ3n) is 6.35. The van der Waals surface area contributed by atoms with Crippen LogP contribution in [-0.2, 0) is 20.1 Å². The summed E-state index contributed by atoms with van der Waals surface area (Å²) in [5.41, 5.74) is 12.6. The second-order valence-electron chi connectivity index (χ2n) is 8.72. The van der Waals surface area contributed by atoms with Crippen LogP contribution in [0, 0.1) is 11.8 Å². The van der Waals surface area contributed by atoms with Gasteiger partial charge in [0, 0.05) is 31.6 Å². The maximum atomic E-state index is 13.7. The maximum Gasteiger partial charge on any atom is 0.332 e. The van der Waals surface area contributed by atoms with Crippen molar-refractivity contribution in [1.29, 1.82) is 0 Å². The number of nitrogen functional groups attached to an aromatic ring is 1. The lowest BCUT2D eigenvalue weighted by Gasteiger charge is -2.31. The maximum absolute atomic E-state index is 13.7. The molecule has 5 rings (SSSR count). The SMILES string of the molecule is CC#CCn1c(N2CCCC(N)C2)nc2c1c(=O)n(Cc1nc(N)c3ccccc3n1)c(=O)n2C. The first-order chi connectivity index (χ1) is 16.9. The Labute approximate surface area is 201 Å².